The Balaban J connectivity index is 1.91. The largest absolute Gasteiger partial charge is 0.327 e. The van der Waals surface area contributed by atoms with Gasteiger partial charge >= 0.3 is 0 Å². The van der Waals surface area contributed by atoms with Crippen molar-refractivity contribution in [1.82, 2.24) is 9.80 Å². The van der Waals surface area contributed by atoms with E-state index in [0.717, 1.165) is 0 Å². The van der Waals surface area contributed by atoms with E-state index in [0.29, 0.717) is 29.5 Å². The third-order valence-electron chi connectivity index (χ3n) is 5.50. The number of nitrogens with zero attached hydrogens (tertiary/aromatic N) is 2. The van der Waals surface area contributed by atoms with Crippen molar-refractivity contribution in [3.63, 3.8) is 0 Å². The molecule has 4 unspecified atom stereocenters. The molecule has 1 aliphatic heterocycles. The van der Waals surface area contributed by atoms with Crippen LogP contribution < -0.4 is 5.73 Å². The van der Waals surface area contributed by atoms with Gasteiger partial charge in [0.15, 0.2) is 0 Å². The monoisotopic (exact) mass is 253 g/mol. The van der Waals surface area contributed by atoms with Crippen LogP contribution in [0.25, 0.3) is 0 Å². The fourth-order valence-corrected chi connectivity index (χ4v) is 3.74. The minimum atomic E-state index is 0.342. The Morgan fingerprint density at radius 2 is 1.72 bits per heavy atom. The third kappa shape index (κ3) is 2.73. The lowest BCUT2D eigenvalue weighted by Crippen LogP contribution is -2.56. The maximum atomic E-state index is 6.43. The Bertz CT molecular complexity index is 277. The predicted octanol–water partition coefficient (Wildman–Crippen LogP) is 1.77. The van der Waals surface area contributed by atoms with Crippen molar-refractivity contribution in [2.24, 2.45) is 17.1 Å². The molecular weight excluding hydrogens is 222 g/mol. The van der Waals surface area contributed by atoms with Crippen LogP contribution in [0.2, 0.25) is 0 Å². The second-order valence-corrected chi connectivity index (χ2v) is 7.40. The molecule has 3 nitrogen and oxygen atoms in total. The molecule has 0 amide bonds. The normalized spacial score (nSPS) is 42.3. The van der Waals surface area contributed by atoms with Gasteiger partial charge in [0.25, 0.3) is 0 Å². The average Bonchev–Trinajstić information content (AvgIpc) is 2.53. The number of piperazine rings is 1. The van der Waals surface area contributed by atoms with Crippen LogP contribution in [0.1, 0.15) is 40.5 Å². The summed E-state index contributed by atoms with van der Waals surface area (Å²) in [6.07, 6.45) is 2.60. The molecule has 106 valence electrons. The zero-order chi connectivity index (χ0) is 13.5. The number of likely N-dealkylation sites (N-methyl/N-ethyl adjacent to an activating group) is 1. The molecule has 2 aliphatic rings. The van der Waals surface area contributed by atoms with E-state index >= 15 is 0 Å². The molecule has 0 bridgehead atoms. The molecule has 18 heavy (non-hydrogen) atoms. The molecule has 4 atom stereocenters. The van der Waals surface area contributed by atoms with Crippen molar-refractivity contribution in [3.05, 3.63) is 0 Å². The van der Waals surface area contributed by atoms with Crippen LogP contribution in [0.15, 0.2) is 0 Å². The Hall–Kier alpha value is -0.120. The van der Waals surface area contributed by atoms with Crippen LogP contribution in [0, 0.1) is 11.3 Å². The molecule has 2 fully saturated rings. The van der Waals surface area contributed by atoms with E-state index in [-0.39, 0.29) is 0 Å². The first kappa shape index (κ1) is 14.3. The summed E-state index contributed by atoms with van der Waals surface area (Å²) in [7, 11) is 2.25. The molecule has 1 saturated carbocycles. The second-order valence-electron chi connectivity index (χ2n) is 7.40. The lowest BCUT2D eigenvalue weighted by Gasteiger charge is -2.43. The van der Waals surface area contributed by atoms with Gasteiger partial charge in [-0.05, 0) is 45.1 Å². The molecule has 0 aromatic carbocycles. The SMILES string of the molecule is CC1CN(CC2CCC(C)(C)C2N)CC(C)N1C. The Morgan fingerprint density at radius 1 is 1.17 bits per heavy atom. The highest BCUT2D eigenvalue weighted by atomic mass is 15.3. The number of nitrogens with two attached hydrogens (primary N) is 1. The molecule has 2 N–H and O–H groups in total. The van der Waals surface area contributed by atoms with Gasteiger partial charge in [0.05, 0.1) is 0 Å². The van der Waals surface area contributed by atoms with Gasteiger partial charge in [0, 0.05) is 37.8 Å². The maximum absolute atomic E-state index is 6.43. The van der Waals surface area contributed by atoms with Crippen molar-refractivity contribution in [1.29, 1.82) is 0 Å². The molecule has 2 rings (SSSR count). The molecule has 0 aromatic rings. The van der Waals surface area contributed by atoms with Gasteiger partial charge in [0.2, 0.25) is 0 Å². The fourth-order valence-electron chi connectivity index (χ4n) is 3.74. The summed E-state index contributed by atoms with van der Waals surface area (Å²) < 4.78 is 0. The van der Waals surface area contributed by atoms with Crippen LogP contribution in [0.3, 0.4) is 0 Å². The summed E-state index contributed by atoms with van der Waals surface area (Å²) in [5.41, 5.74) is 6.78. The first-order chi connectivity index (χ1) is 8.31. The highest BCUT2D eigenvalue weighted by Crippen LogP contribution is 2.40. The first-order valence-electron chi connectivity index (χ1n) is 7.51. The van der Waals surface area contributed by atoms with E-state index in [1.807, 2.05) is 0 Å². The van der Waals surface area contributed by atoms with Crippen molar-refractivity contribution < 1.29 is 0 Å². The Labute approximate surface area is 113 Å². The minimum absolute atomic E-state index is 0.342. The first-order valence-corrected chi connectivity index (χ1v) is 7.51. The molecule has 0 aromatic heterocycles. The topological polar surface area (TPSA) is 32.5 Å². The molecule has 0 spiro atoms. The van der Waals surface area contributed by atoms with Crippen molar-refractivity contribution in [2.75, 3.05) is 26.7 Å². The van der Waals surface area contributed by atoms with E-state index < -0.39 is 0 Å². The number of rotatable bonds is 2. The second kappa shape index (κ2) is 5.10. The molecule has 1 aliphatic carbocycles. The summed E-state index contributed by atoms with van der Waals surface area (Å²) >= 11 is 0. The fraction of sp³-hybridized carbons (Fsp3) is 1.00. The quantitative estimate of drug-likeness (QED) is 0.814. The van der Waals surface area contributed by atoms with Crippen molar-refractivity contribution >= 4 is 0 Å². The van der Waals surface area contributed by atoms with Crippen LogP contribution in [-0.4, -0.2) is 54.6 Å². The van der Waals surface area contributed by atoms with Gasteiger partial charge in [-0.1, -0.05) is 13.8 Å². The van der Waals surface area contributed by atoms with Gasteiger partial charge in [-0.3, -0.25) is 9.80 Å². The highest BCUT2D eigenvalue weighted by molar-refractivity contribution is 4.96. The zero-order valence-corrected chi connectivity index (χ0v) is 12.8. The highest BCUT2D eigenvalue weighted by Gasteiger charge is 2.40. The minimum Gasteiger partial charge on any atom is -0.327 e. The van der Waals surface area contributed by atoms with Crippen LogP contribution in [0.4, 0.5) is 0 Å². The third-order valence-corrected chi connectivity index (χ3v) is 5.50. The Morgan fingerprint density at radius 3 is 2.17 bits per heavy atom. The zero-order valence-electron chi connectivity index (χ0n) is 12.8. The van der Waals surface area contributed by atoms with Crippen molar-refractivity contribution in [3.8, 4) is 0 Å². The maximum Gasteiger partial charge on any atom is 0.0195 e. The standard InChI is InChI=1S/C15H31N3/c1-11-8-18(9-12(2)17(11)5)10-13-6-7-15(3,4)14(13)16/h11-14H,6-10,16H2,1-5H3. The lowest BCUT2D eigenvalue weighted by molar-refractivity contribution is 0.0482. The summed E-state index contributed by atoms with van der Waals surface area (Å²) in [6.45, 7) is 12.9. The van der Waals surface area contributed by atoms with Crippen LogP contribution in [-0.2, 0) is 0 Å². The van der Waals surface area contributed by atoms with Gasteiger partial charge in [-0.2, -0.15) is 0 Å². The molecule has 3 heteroatoms. The summed E-state index contributed by atoms with van der Waals surface area (Å²) in [5, 5.41) is 0. The smallest absolute Gasteiger partial charge is 0.0195 e. The lowest BCUT2D eigenvalue weighted by atomic mass is 9.85. The van der Waals surface area contributed by atoms with E-state index in [2.05, 4.69) is 44.5 Å². The molecule has 1 heterocycles. The van der Waals surface area contributed by atoms with Crippen LogP contribution >= 0.6 is 0 Å². The molecule has 1 saturated heterocycles. The average molecular weight is 253 g/mol. The summed E-state index contributed by atoms with van der Waals surface area (Å²) in [6, 6.07) is 1.71. The summed E-state index contributed by atoms with van der Waals surface area (Å²) in [4.78, 5) is 5.14. The number of hydrogen-bond acceptors (Lipinski definition) is 3. The van der Waals surface area contributed by atoms with E-state index in [9.17, 15) is 0 Å². The van der Waals surface area contributed by atoms with E-state index in [1.165, 1.54) is 32.5 Å². The van der Waals surface area contributed by atoms with Crippen molar-refractivity contribution in [2.45, 2.75) is 58.7 Å². The van der Waals surface area contributed by atoms with Crippen LogP contribution in [0.5, 0.6) is 0 Å². The Kier molecular flexibility index (Phi) is 4.05. The predicted molar refractivity (Wildman–Crippen MR) is 77.6 cm³/mol. The van der Waals surface area contributed by atoms with E-state index in [4.69, 9.17) is 5.73 Å². The molecule has 0 radical (unpaired) electrons. The van der Waals surface area contributed by atoms with E-state index in [1.54, 1.807) is 0 Å². The number of hydrogen-bond donors (Lipinski definition) is 1. The van der Waals surface area contributed by atoms with Gasteiger partial charge in [0.1, 0.15) is 0 Å². The van der Waals surface area contributed by atoms with Gasteiger partial charge in [-0.15, -0.1) is 0 Å². The van der Waals surface area contributed by atoms with Gasteiger partial charge < -0.3 is 5.73 Å². The summed E-state index contributed by atoms with van der Waals surface area (Å²) in [5.74, 6) is 0.697. The van der Waals surface area contributed by atoms with Gasteiger partial charge in [-0.25, -0.2) is 0 Å². The molecular formula is C15H31N3.